The summed E-state index contributed by atoms with van der Waals surface area (Å²) < 4.78 is 5.36. The van der Waals surface area contributed by atoms with Gasteiger partial charge in [-0.25, -0.2) is 0 Å². The largest absolute Gasteiger partial charge is 0.496 e. The number of benzene rings is 2. The van der Waals surface area contributed by atoms with Gasteiger partial charge in [0.1, 0.15) is 5.75 Å². The van der Waals surface area contributed by atoms with Crippen LogP contribution in [0.25, 0.3) is 11.1 Å². The maximum Gasteiger partial charge on any atom is 0.161 e. The number of methoxy groups -OCH3 is 1. The lowest BCUT2D eigenvalue weighted by atomic mass is 10.00. The Bertz CT molecular complexity index is 605. The highest BCUT2D eigenvalue weighted by Gasteiger charge is 2.10. The van der Waals surface area contributed by atoms with Gasteiger partial charge in [0, 0.05) is 23.9 Å². The Labute approximate surface area is 113 Å². The summed E-state index contributed by atoms with van der Waals surface area (Å²) in [4.78, 5) is 11.5. The zero-order chi connectivity index (χ0) is 13.8. The maximum atomic E-state index is 11.5. The fourth-order valence-electron chi connectivity index (χ4n) is 2.11. The number of Topliss-reactive ketones (excluding diaryl/α,β-unsaturated/α-hetero) is 1. The standard InChI is InChI=1S/C16H17NO2/c1-11(18)13-9-8-12(10-15(13)17-2)14-6-4-5-7-16(14)19-3/h4-10,17H,1-3H3. The number of hydrogen-bond donors (Lipinski definition) is 1. The fourth-order valence-corrected chi connectivity index (χ4v) is 2.11. The average molecular weight is 255 g/mol. The normalized spacial score (nSPS) is 10.1. The Morgan fingerprint density at radius 2 is 1.89 bits per heavy atom. The molecule has 0 aliphatic carbocycles. The van der Waals surface area contributed by atoms with Gasteiger partial charge in [-0.2, -0.15) is 0 Å². The molecule has 98 valence electrons. The molecular formula is C16H17NO2. The van der Waals surface area contributed by atoms with Crippen molar-refractivity contribution in [1.82, 2.24) is 0 Å². The van der Waals surface area contributed by atoms with Gasteiger partial charge in [-0.1, -0.05) is 24.3 Å². The number of carbonyl (C=O) groups excluding carboxylic acids is 1. The molecule has 0 saturated heterocycles. The monoisotopic (exact) mass is 255 g/mol. The molecule has 0 saturated carbocycles. The second kappa shape index (κ2) is 5.57. The number of ketones is 1. The minimum absolute atomic E-state index is 0.0518. The van der Waals surface area contributed by atoms with E-state index in [0.29, 0.717) is 5.56 Å². The molecule has 3 nitrogen and oxygen atoms in total. The van der Waals surface area contributed by atoms with E-state index in [1.54, 1.807) is 14.0 Å². The first kappa shape index (κ1) is 13.1. The van der Waals surface area contributed by atoms with Crippen molar-refractivity contribution in [2.45, 2.75) is 6.92 Å². The van der Waals surface area contributed by atoms with Crippen molar-refractivity contribution in [1.29, 1.82) is 0 Å². The number of rotatable bonds is 4. The molecule has 2 rings (SSSR count). The molecule has 0 fully saturated rings. The van der Waals surface area contributed by atoms with Crippen molar-refractivity contribution >= 4 is 11.5 Å². The van der Waals surface area contributed by atoms with Gasteiger partial charge >= 0.3 is 0 Å². The SMILES string of the molecule is CNc1cc(-c2ccccc2OC)ccc1C(C)=O. The van der Waals surface area contributed by atoms with E-state index in [4.69, 9.17) is 4.74 Å². The third-order valence-corrected chi connectivity index (χ3v) is 3.09. The van der Waals surface area contributed by atoms with E-state index in [1.807, 2.05) is 49.5 Å². The Morgan fingerprint density at radius 1 is 1.16 bits per heavy atom. The predicted octanol–water partition coefficient (Wildman–Crippen LogP) is 3.61. The van der Waals surface area contributed by atoms with Crippen molar-refractivity contribution in [3.8, 4) is 16.9 Å². The van der Waals surface area contributed by atoms with Gasteiger partial charge in [-0.3, -0.25) is 4.79 Å². The molecule has 2 aromatic carbocycles. The number of ether oxygens (including phenoxy) is 1. The molecule has 0 bridgehead atoms. The first-order valence-corrected chi connectivity index (χ1v) is 6.13. The number of nitrogens with one attached hydrogen (secondary N) is 1. The zero-order valence-electron chi connectivity index (χ0n) is 11.4. The molecule has 3 heteroatoms. The molecule has 0 radical (unpaired) electrons. The predicted molar refractivity (Wildman–Crippen MR) is 78.0 cm³/mol. The second-order valence-electron chi connectivity index (χ2n) is 4.27. The molecule has 0 aliphatic rings. The van der Waals surface area contributed by atoms with Gasteiger partial charge < -0.3 is 10.1 Å². The highest BCUT2D eigenvalue weighted by Crippen LogP contribution is 2.32. The molecule has 0 heterocycles. The third-order valence-electron chi connectivity index (χ3n) is 3.09. The van der Waals surface area contributed by atoms with Crippen LogP contribution in [-0.4, -0.2) is 19.9 Å². The van der Waals surface area contributed by atoms with Crippen LogP contribution in [0, 0.1) is 0 Å². The molecule has 1 N–H and O–H groups in total. The van der Waals surface area contributed by atoms with E-state index in [0.717, 1.165) is 22.6 Å². The highest BCUT2D eigenvalue weighted by molar-refractivity contribution is 6.00. The van der Waals surface area contributed by atoms with Crippen molar-refractivity contribution in [3.63, 3.8) is 0 Å². The Morgan fingerprint density at radius 3 is 2.53 bits per heavy atom. The lowest BCUT2D eigenvalue weighted by molar-refractivity contribution is 0.101. The highest BCUT2D eigenvalue weighted by atomic mass is 16.5. The Kier molecular flexibility index (Phi) is 3.85. The summed E-state index contributed by atoms with van der Waals surface area (Å²) in [5, 5.41) is 3.06. The molecule has 19 heavy (non-hydrogen) atoms. The summed E-state index contributed by atoms with van der Waals surface area (Å²) in [6.45, 7) is 1.57. The van der Waals surface area contributed by atoms with Crippen LogP contribution >= 0.6 is 0 Å². The molecular weight excluding hydrogens is 238 g/mol. The van der Waals surface area contributed by atoms with Gasteiger partial charge in [0.2, 0.25) is 0 Å². The quantitative estimate of drug-likeness (QED) is 0.848. The first-order chi connectivity index (χ1) is 9.17. The summed E-state index contributed by atoms with van der Waals surface area (Å²) in [5.74, 6) is 0.871. The average Bonchev–Trinajstić information content (AvgIpc) is 2.46. The minimum atomic E-state index is 0.0518. The molecule has 0 amide bonds. The third kappa shape index (κ3) is 2.60. The van der Waals surface area contributed by atoms with E-state index >= 15 is 0 Å². The fraction of sp³-hybridized carbons (Fsp3) is 0.188. The minimum Gasteiger partial charge on any atom is -0.496 e. The van der Waals surface area contributed by atoms with Crippen LogP contribution in [0.4, 0.5) is 5.69 Å². The van der Waals surface area contributed by atoms with Crippen molar-refractivity contribution in [2.75, 3.05) is 19.5 Å². The van der Waals surface area contributed by atoms with Gasteiger partial charge in [-0.05, 0) is 30.7 Å². The maximum absolute atomic E-state index is 11.5. The van der Waals surface area contributed by atoms with Gasteiger partial charge in [-0.15, -0.1) is 0 Å². The molecule has 0 aromatic heterocycles. The molecule has 0 unspecified atom stereocenters. The van der Waals surface area contributed by atoms with E-state index < -0.39 is 0 Å². The summed E-state index contributed by atoms with van der Waals surface area (Å²) >= 11 is 0. The lowest BCUT2D eigenvalue weighted by Gasteiger charge is -2.12. The van der Waals surface area contributed by atoms with Crippen LogP contribution in [0.15, 0.2) is 42.5 Å². The topological polar surface area (TPSA) is 38.3 Å². The van der Waals surface area contributed by atoms with Gasteiger partial charge in [0.25, 0.3) is 0 Å². The van der Waals surface area contributed by atoms with Gasteiger partial charge in [0.05, 0.1) is 7.11 Å². The van der Waals surface area contributed by atoms with Gasteiger partial charge in [0.15, 0.2) is 5.78 Å². The Hall–Kier alpha value is -2.29. The number of para-hydroxylation sites is 1. The summed E-state index contributed by atoms with van der Waals surface area (Å²) in [6.07, 6.45) is 0. The lowest BCUT2D eigenvalue weighted by Crippen LogP contribution is -2.00. The molecule has 2 aromatic rings. The zero-order valence-corrected chi connectivity index (χ0v) is 11.4. The second-order valence-corrected chi connectivity index (χ2v) is 4.27. The molecule has 0 aliphatic heterocycles. The molecule has 0 spiro atoms. The van der Waals surface area contributed by atoms with E-state index in [2.05, 4.69) is 5.32 Å². The summed E-state index contributed by atoms with van der Waals surface area (Å²) in [6, 6.07) is 13.6. The van der Waals surface area contributed by atoms with Crippen LogP contribution in [0.2, 0.25) is 0 Å². The van der Waals surface area contributed by atoms with E-state index in [-0.39, 0.29) is 5.78 Å². The number of carbonyl (C=O) groups is 1. The van der Waals surface area contributed by atoms with Crippen LogP contribution in [0.3, 0.4) is 0 Å². The molecule has 0 atom stereocenters. The van der Waals surface area contributed by atoms with Crippen LogP contribution in [0.1, 0.15) is 17.3 Å². The Balaban J connectivity index is 2.55. The van der Waals surface area contributed by atoms with Crippen LogP contribution < -0.4 is 10.1 Å². The first-order valence-electron chi connectivity index (χ1n) is 6.13. The smallest absolute Gasteiger partial charge is 0.161 e. The van der Waals surface area contributed by atoms with Crippen LogP contribution in [0.5, 0.6) is 5.75 Å². The van der Waals surface area contributed by atoms with E-state index in [9.17, 15) is 4.79 Å². The summed E-state index contributed by atoms with van der Waals surface area (Å²) in [7, 11) is 3.47. The summed E-state index contributed by atoms with van der Waals surface area (Å²) in [5.41, 5.74) is 3.56. The van der Waals surface area contributed by atoms with Crippen molar-refractivity contribution in [3.05, 3.63) is 48.0 Å². The number of hydrogen-bond acceptors (Lipinski definition) is 3. The van der Waals surface area contributed by atoms with Crippen LogP contribution in [-0.2, 0) is 0 Å². The van der Waals surface area contributed by atoms with Crippen molar-refractivity contribution in [2.24, 2.45) is 0 Å². The van der Waals surface area contributed by atoms with Crippen molar-refractivity contribution < 1.29 is 9.53 Å². The number of anilines is 1. The van der Waals surface area contributed by atoms with E-state index in [1.165, 1.54) is 0 Å².